The summed E-state index contributed by atoms with van der Waals surface area (Å²) in [5.74, 6) is 0. The van der Waals surface area contributed by atoms with Crippen LogP contribution in [0.4, 0.5) is 0 Å². The largest absolute Gasteiger partial charge is 0.472 e. The van der Waals surface area contributed by atoms with Gasteiger partial charge in [-0.2, -0.15) is 0 Å². The van der Waals surface area contributed by atoms with E-state index in [1.54, 1.807) is 20.8 Å². The molecule has 0 heterocycles. The normalized spacial score (nSPS) is 15.8. The van der Waals surface area contributed by atoms with Crippen LogP contribution in [0.1, 0.15) is 20.8 Å². The van der Waals surface area contributed by atoms with Crippen LogP contribution in [0.5, 0.6) is 0 Å². The second kappa shape index (κ2) is 20.1. The van der Waals surface area contributed by atoms with E-state index in [1.807, 2.05) is 0 Å². The van der Waals surface area contributed by atoms with Crippen LogP contribution in [0.15, 0.2) is 0 Å². The Balaban J connectivity index is 3.30. The second-order valence-corrected chi connectivity index (χ2v) is 10.3. The number of rotatable bonds is 24. The molecule has 0 amide bonds. The van der Waals surface area contributed by atoms with Crippen LogP contribution in [0, 0.1) is 0 Å². The third-order valence-corrected chi connectivity index (χ3v) is 5.49. The molecule has 0 aromatic rings. The van der Waals surface area contributed by atoms with Crippen molar-refractivity contribution in [2.45, 2.75) is 26.4 Å². The maximum atomic E-state index is 11.6. The maximum Gasteiger partial charge on any atom is 0.472 e. The molecule has 0 aliphatic rings. The summed E-state index contributed by atoms with van der Waals surface area (Å²) in [6, 6.07) is 0. The molecule has 34 heavy (non-hydrogen) atoms. The number of phosphoric acid groups is 2. The monoisotopic (exact) mass is 542 g/mol. The second-order valence-electron chi connectivity index (χ2n) is 7.43. The Morgan fingerprint density at radius 1 is 0.529 bits per heavy atom. The topological polar surface area (TPSA) is 178 Å². The highest BCUT2D eigenvalue weighted by atomic mass is 31.2. The Morgan fingerprint density at radius 3 is 1.15 bits per heavy atom. The molecule has 0 rings (SSSR count). The fraction of sp³-hybridized carbons (Fsp3) is 1.00. The molecular formula is C18H40O14P2. The van der Waals surface area contributed by atoms with E-state index in [-0.39, 0.29) is 46.2 Å². The molecule has 0 radical (unpaired) electrons. The summed E-state index contributed by atoms with van der Waals surface area (Å²) in [6.07, 6.45) is 0. The predicted octanol–water partition coefficient (Wildman–Crippen LogP) is 1.13. The predicted molar refractivity (Wildman–Crippen MR) is 120 cm³/mol. The summed E-state index contributed by atoms with van der Waals surface area (Å²) in [5.41, 5.74) is -0.785. The van der Waals surface area contributed by atoms with Gasteiger partial charge in [0.25, 0.3) is 0 Å². The van der Waals surface area contributed by atoms with Gasteiger partial charge in [-0.25, -0.2) is 9.13 Å². The van der Waals surface area contributed by atoms with Gasteiger partial charge in [-0.15, -0.1) is 0 Å². The lowest BCUT2D eigenvalue weighted by Gasteiger charge is -2.22. The molecule has 0 aromatic carbocycles. The molecule has 0 saturated heterocycles. The minimum absolute atomic E-state index is 0.0725. The van der Waals surface area contributed by atoms with Crippen LogP contribution < -0.4 is 0 Å². The highest BCUT2D eigenvalue weighted by Gasteiger charge is 2.28. The smallest absolute Gasteiger partial charge is 0.394 e. The van der Waals surface area contributed by atoms with Gasteiger partial charge in [0.2, 0.25) is 0 Å². The van der Waals surface area contributed by atoms with Crippen molar-refractivity contribution in [1.82, 2.24) is 0 Å². The third kappa shape index (κ3) is 25.1. The van der Waals surface area contributed by atoms with Crippen LogP contribution in [-0.4, -0.2) is 113 Å². The van der Waals surface area contributed by atoms with E-state index >= 15 is 0 Å². The van der Waals surface area contributed by atoms with Crippen molar-refractivity contribution in [2.24, 2.45) is 0 Å². The Bertz CT molecular complexity index is 571. The van der Waals surface area contributed by atoms with Crippen molar-refractivity contribution in [2.75, 3.05) is 92.5 Å². The SMILES string of the molecule is CC(C)(C)OP(=O)(O)OCCOCCOCCOCCOCCOCCOP(=O)(O)OCCO. The Morgan fingerprint density at radius 2 is 0.824 bits per heavy atom. The van der Waals surface area contributed by atoms with Gasteiger partial charge in [0.1, 0.15) is 0 Å². The standard InChI is InChI=1S/C18H40O14P2/c1-18(2,3)32-34(22,23)31-17-15-28-13-11-26-9-7-24-6-8-25-10-12-27-14-16-30-33(20,21)29-5-4-19/h19H,4-17H2,1-3H3,(H,20,21)(H,22,23). The van der Waals surface area contributed by atoms with E-state index in [2.05, 4.69) is 9.05 Å². The quantitative estimate of drug-likeness (QED) is 0.117. The molecule has 206 valence electrons. The van der Waals surface area contributed by atoms with E-state index in [1.165, 1.54) is 0 Å². The first kappa shape index (κ1) is 34.0. The molecule has 0 aliphatic carbocycles. The highest BCUT2D eigenvalue weighted by molar-refractivity contribution is 7.47. The van der Waals surface area contributed by atoms with E-state index in [4.69, 9.17) is 37.8 Å². The van der Waals surface area contributed by atoms with Crippen molar-refractivity contribution in [3.63, 3.8) is 0 Å². The first-order valence-corrected chi connectivity index (χ1v) is 13.8. The zero-order valence-electron chi connectivity index (χ0n) is 20.1. The van der Waals surface area contributed by atoms with Crippen molar-refractivity contribution in [3.05, 3.63) is 0 Å². The number of aliphatic hydroxyl groups is 1. The van der Waals surface area contributed by atoms with Crippen molar-refractivity contribution in [1.29, 1.82) is 0 Å². The number of hydrogen-bond acceptors (Lipinski definition) is 12. The molecular weight excluding hydrogens is 502 g/mol. The number of ether oxygens (including phenoxy) is 5. The first-order chi connectivity index (χ1) is 16.0. The number of phosphoric ester groups is 2. The van der Waals surface area contributed by atoms with E-state index < -0.39 is 21.2 Å². The van der Waals surface area contributed by atoms with Crippen molar-refractivity contribution < 1.29 is 65.8 Å². The van der Waals surface area contributed by atoms with Gasteiger partial charge in [0, 0.05) is 0 Å². The average Bonchev–Trinajstić information content (AvgIpc) is 2.72. The summed E-state index contributed by atoms with van der Waals surface area (Å²) in [5, 5.41) is 8.51. The molecule has 3 N–H and O–H groups in total. The molecule has 0 bridgehead atoms. The van der Waals surface area contributed by atoms with Crippen LogP contribution in [0.3, 0.4) is 0 Å². The van der Waals surface area contributed by atoms with Gasteiger partial charge in [0.15, 0.2) is 0 Å². The number of hydrogen-bond donors (Lipinski definition) is 3. The van der Waals surface area contributed by atoms with E-state index in [9.17, 15) is 18.9 Å². The molecule has 14 nitrogen and oxygen atoms in total. The lowest BCUT2D eigenvalue weighted by atomic mass is 10.2. The summed E-state index contributed by atoms with van der Waals surface area (Å²) >= 11 is 0. The van der Waals surface area contributed by atoms with E-state index in [0.717, 1.165) is 0 Å². The van der Waals surface area contributed by atoms with Gasteiger partial charge >= 0.3 is 15.6 Å². The van der Waals surface area contributed by atoms with Crippen molar-refractivity contribution in [3.8, 4) is 0 Å². The summed E-state index contributed by atoms with van der Waals surface area (Å²) in [7, 11) is -8.24. The molecule has 2 unspecified atom stereocenters. The summed E-state index contributed by atoms with van der Waals surface area (Å²) < 4.78 is 68.1. The van der Waals surface area contributed by atoms with E-state index in [0.29, 0.717) is 46.2 Å². The van der Waals surface area contributed by atoms with Crippen LogP contribution in [-0.2, 0) is 50.9 Å². The summed E-state index contributed by atoms with van der Waals surface area (Å²) in [6.45, 7) is 7.10. The van der Waals surface area contributed by atoms with Gasteiger partial charge in [0.05, 0.1) is 98.1 Å². The van der Waals surface area contributed by atoms with Gasteiger partial charge in [-0.1, -0.05) is 0 Å². The average molecular weight is 542 g/mol. The zero-order valence-corrected chi connectivity index (χ0v) is 21.9. The molecule has 2 atom stereocenters. The third-order valence-electron chi connectivity index (χ3n) is 3.19. The van der Waals surface area contributed by atoms with Gasteiger partial charge in [-0.05, 0) is 20.8 Å². The minimum atomic E-state index is -4.14. The lowest BCUT2D eigenvalue weighted by Crippen LogP contribution is -2.19. The molecule has 0 saturated carbocycles. The van der Waals surface area contributed by atoms with Gasteiger partial charge < -0.3 is 38.6 Å². The first-order valence-electron chi connectivity index (χ1n) is 10.8. The molecule has 0 fully saturated rings. The minimum Gasteiger partial charge on any atom is -0.394 e. The Kier molecular flexibility index (Phi) is 20.1. The lowest BCUT2D eigenvalue weighted by molar-refractivity contribution is -0.0163. The summed E-state index contributed by atoms with van der Waals surface area (Å²) in [4.78, 5) is 18.7. The van der Waals surface area contributed by atoms with Gasteiger partial charge in [-0.3, -0.25) is 18.1 Å². The fourth-order valence-corrected chi connectivity index (χ4v) is 3.71. The maximum absolute atomic E-state index is 11.6. The Labute approximate surface area is 200 Å². The van der Waals surface area contributed by atoms with Crippen LogP contribution >= 0.6 is 15.6 Å². The molecule has 0 spiro atoms. The molecule has 0 aromatic heterocycles. The van der Waals surface area contributed by atoms with Crippen molar-refractivity contribution >= 4 is 15.6 Å². The van der Waals surface area contributed by atoms with Crippen LogP contribution in [0.25, 0.3) is 0 Å². The fourth-order valence-electron chi connectivity index (χ4n) is 1.97. The highest BCUT2D eigenvalue weighted by Crippen LogP contribution is 2.46. The molecule has 0 aliphatic heterocycles. The molecule has 16 heteroatoms. The number of aliphatic hydroxyl groups excluding tert-OH is 1. The van der Waals surface area contributed by atoms with Crippen LogP contribution in [0.2, 0.25) is 0 Å². The zero-order chi connectivity index (χ0) is 25.8. The Hall–Kier alpha value is -0.0200.